The SMILES string of the molecule is CCCNC(CN(C)C1CCCC1)C(C)(C)OC. The van der Waals surface area contributed by atoms with Gasteiger partial charge in [-0.25, -0.2) is 0 Å². The molecule has 1 N–H and O–H groups in total. The molecule has 1 saturated carbocycles. The summed E-state index contributed by atoms with van der Waals surface area (Å²) in [4.78, 5) is 2.53. The number of methoxy groups -OCH3 is 1. The van der Waals surface area contributed by atoms with Gasteiger partial charge in [0.25, 0.3) is 0 Å². The summed E-state index contributed by atoms with van der Waals surface area (Å²) in [5.74, 6) is 0. The van der Waals surface area contributed by atoms with Crippen molar-refractivity contribution in [1.82, 2.24) is 10.2 Å². The van der Waals surface area contributed by atoms with Gasteiger partial charge in [0.15, 0.2) is 0 Å². The van der Waals surface area contributed by atoms with Gasteiger partial charge in [-0.2, -0.15) is 0 Å². The molecule has 1 aliphatic carbocycles. The quantitative estimate of drug-likeness (QED) is 0.722. The van der Waals surface area contributed by atoms with Gasteiger partial charge in [-0.1, -0.05) is 19.8 Å². The Morgan fingerprint density at radius 1 is 1.33 bits per heavy atom. The summed E-state index contributed by atoms with van der Waals surface area (Å²) in [6, 6.07) is 1.18. The molecule has 18 heavy (non-hydrogen) atoms. The first-order valence-corrected chi connectivity index (χ1v) is 7.50. The zero-order valence-electron chi connectivity index (χ0n) is 13.0. The normalized spacial score (nSPS) is 19.7. The summed E-state index contributed by atoms with van der Waals surface area (Å²) < 4.78 is 5.67. The molecule has 3 heteroatoms. The summed E-state index contributed by atoms with van der Waals surface area (Å²) in [6.45, 7) is 8.72. The molecule has 0 aromatic carbocycles. The van der Waals surface area contributed by atoms with Crippen molar-refractivity contribution in [2.45, 2.75) is 70.6 Å². The summed E-state index contributed by atoms with van der Waals surface area (Å²) in [7, 11) is 4.08. The lowest BCUT2D eigenvalue weighted by Gasteiger charge is -2.38. The standard InChI is InChI=1S/C15H32N2O/c1-6-11-16-14(15(2,3)18-5)12-17(4)13-9-7-8-10-13/h13-14,16H,6-12H2,1-5H3. The van der Waals surface area contributed by atoms with Gasteiger partial charge in [0.05, 0.1) is 5.60 Å². The number of ether oxygens (including phenoxy) is 1. The first-order chi connectivity index (χ1) is 8.51. The molecule has 1 aliphatic rings. The minimum absolute atomic E-state index is 0.109. The molecule has 1 rings (SSSR count). The van der Waals surface area contributed by atoms with Crippen LogP contribution in [0.5, 0.6) is 0 Å². The van der Waals surface area contributed by atoms with Gasteiger partial charge in [-0.3, -0.25) is 0 Å². The summed E-state index contributed by atoms with van der Waals surface area (Å²) >= 11 is 0. The third kappa shape index (κ3) is 4.52. The number of nitrogens with zero attached hydrogens (tertiary/aromatic N) is 1. The Labute approximate surface area is 113 Å². The Morgan fingerprint density at radius 3 is 2.44 bits per heavy atom. The molecule has 0 aromatic rings. The Morgan fingerprint density at radius 2 is 1.94 bits per heavy atom. The average molecular weight is 256 g/mol. The molecular formula is C15H32N2O. The maximum atomic E-state index is 5.67. The lowest BCUT2D eigenvalue weighted by atomic mass is 9.97. The van der Waals surface area contributed by atoms with Crippen molar-refractivity contribution >= 4 is 0 Å². The van der Waals surface area contributed by atoms with Crippen molar-refractivity contribution in [3.05, 3.63) is 0 Å². The van der Waals surface area contributed by atoms with E-state index in [2.05, 4.69) is 38.0 Å². The lowest BCUT2D eigenvalue weighted by molar-refractivity contribution is -0.0208. The van der Waals surface area contributed by atoms with E-state index in [9.17, 15) is 0 Å². The molecule has 0 aromatic heterocycles. The van der Waals surface area contributed by atoms with Crippen molar-refractivity contribution < 1.29 is 4.74 Å². The second-order valence-electron chi connectivity index (χ2n) is 6.19. The smallest absolute Gasteiger partial charge is 0.0787 e. The maximum Gasteiger partial charge on any atom is 0.0787 e. The van der Waals surface area contributed by atoms with Gasteiger partial charge in [0, 0.05) is 25.7 Å². The van der Waals surface area contributed by atoms with E-state index in [0.717, 1.165) is 19.1 Å². The topological polar surface area (TPSA) is 24.5 Å². The molecule has 0 heterocycles. The van der Waals surface area contributed by atoms with Crippen LogP contribution in [0.15, 0.2) is 0 Å². The molecule has 1 atom stereocenters. The minimum Gasteiger partial charge on any atom is -0.377 e. The monoisotopic (exact) mass is 256 g/mol. The summed E-state index contributed by atoms with van der Waals surface area (Å²) in [5, 5.41) is 3.65. The first-order valence-electron chi connectivity index (χ1n) is 7.50. The molecule has 0 saturated heterocycles. The zero-order valence-corrected chi connectivity index (χ0v) is 13.0. The average Bonchev–Trinajstić information content (AvgIpc) is 2.87. The highest BCUT2D eigenvalue weighted by Gasteiger charge is 2.31. The molecule has 0 radical (unpaired) electrons. The van der Waals surface area contributed by atoms with Crippen LogP contribution in [0.1, 0.15) is 52.9 Å². The van der Waals surface area contributed by atoms with Gasteiger partial charge in [0.2, 0.25) is 0 Å². The predicted molar refractivity (Wildman–Crippen MR) is 78.1 cm³/mol. The van der Waals surface area contributed by atoms with E-state index < -0.39 is 0 Å². The van der Waals surface area contributed by atoms with E-state index in [1.54, 1.807) is 0 Å². The first kappa shape index (κ1) is 15.9. The van der Waals surface area contributed by atoms with Crippen molar-refractivity contribution in [2.75, 3.05) is 27.2 Å². The zero-order chi connectivity index (χ0) is 13.6. The highest BCUT2D eigenvalue weighted by molar-refractivity contribution is 4.89. The molecular weight excluding hydrogens is 224 g/mol. The third-order valence-electron chi connectivity index (χ3n) is 4.42. The highest BCUT2D eigenvalue weighted by Crippen LogP contribution is 2.24. The number of hydrogen-bond donors (Lipinski definition) is 1. The van der Waals surface area contributed by atoms with Crippen LogP contribution in [0, 0.1) is 0 Å². The Balaban J connectivity index is 2.53. The highest BCUT2D eigenvalue weighted by atomic mass is 16.5. The van der Waals surface area contributed by atoms with Crippen LogP contribution in [0.3, 0.4) is 0 Å². The van der Waals surface area contributed by atoms with Crippen LogP contribution in [-0.2, 0) is 4.74 Å². The molecule has 0 bridgehead atoms. The number of hydrogen-bond acceptors (Lipinski definition) is 3. The van der Waals surface area contributed by atoms with Crippen LogP contribution in [0.4, 0.5) is 0 Å². The molecule has 0 amide bonds. The largest absolute Gasteiger partial charge is 0.377 e. The maximum absolute atomic E-state index is 5.67. The fourth-order valence-corrected chi connectivity index (χ4v) is 2.77. The second kappa shape index (κ2) is 7.46. The van der Waals surface area contributed by atoms with Crippen molar-refractivity contribution in [3.8, 4) is 0 Å². The molecule has 0 aliphatic heterocycles. The summed E-state index contributed by atoms with van der Waals surface area (Å²) in [5.41, 5.74) is -0.109. The van der Waals surface area contributed by atoms with Gasteiger partial charge < -0.3 is 15.0 Å². The van der Waals surface area contributed by atoms with E-state index in [-0.39, 0.29) is 5.60 Å². The molecule has 108 valence electrons. The van der Waals surface area contributed by atoms with Gasteiger partial charge in [-0.15, -0.1) is 0 Å². The Hall–Kier alpha value is -0.120. The van der Waals surface area contributed by atoms with E-state index in [4.69, 9.17) is 4.74 Å². The van der Waals surface area contributed by atoms with Gasteiger partial charge >= 0.3 is 0 Å². The fraction of sp³-hybridized carbons (Fsp3) is 1.00. The van der Waals surface area contributed by atoms with Crippen LogP contribution < -0.4 is 5.32 Å². The number of nitrogens with one attached hydrogen (secondary N) is 1. The van der Waals surface area contributed by atoms with Gasteiger partial charge in [-0.05, 0) is 46.7 Å². The van der Waals surface area contributed by atoms with Crippen LogP contribution in [0.25, 0.3) is 0 Å². The van der Waals surface area contributed by atoms with E-state index in [0.29, 0.717) is 6.04 Å². The van der Waals surface area contributed by atoms with Crippen LogP contribution in [0.2, 0.25) is 0 Å². The van der Waals surface area contributed by atoms with Gasteiger partial charge in [0.1, 0.15) is 0 Å². The minimum atomic E-state index is -0.109. The summed E-state index contributed by atoms with van der Waals surface area (Å²) in [6.07, 6.45) is 6.70. The molecule has 3 nitrogen and oxygen atoms in total. The van der Waals surface area contributed by atoms with Crippen molar-refractivity contribution in [3.63, 3.8) is 0 Å². The van der Waals surface area contributed by atoms with Crippen molar-refractivity contribution in [2.24, 2.45) is 0 Å². The molecule has 1 unspecified atom stereocenters. The predicted octanol–water partition coefficient (Wildman–Crippen LogP) is 2.65. The van der Waals surface area contributed by atoms with Crippen LogP contribution in [-0.4, -0.2) is 49.8 Å². The third-order valence-corrected chi connectivity index (χ3v) is 4.42. The molecule has 1 fully saturated rings. The number of likely N-dealkylation sites (N-methyl/N-ethyl adjacent to an activating group) is 1. The van der Waals surface area contributed by atoms with E-state index >= 15 is 0 Å². The Bertz CT molecular complexity index is 225. The Kier molecular flexibility index (Phi) is 6.61. The second-order valence-corrected chi connectivity index (χ2v) is 6.19. The van der Waals surface area contributed by atoms with Crippen LogP contribution >= 0.6 is 0 Å². The van der Waals surface area contributed by atoms with Crippen molar-refractivity contribution in [1.29, 1.82) is 0 Å². The molecule has 0 spiro atoms. The number of rotatable bonds is 8. The fourth-order valence-electron chi connectivity index (χ4n) is 2.77. The van der Waals surface area contributed by atoms with E-state index in [1.807, 2.05) is 7.11 Å². The van der Waals surface area contributed by atoms with E-state index in [1.165, 1.54) is 32.1 Å². The lowest BCUT2D eigenvalue weighted by Crippen LogP contribution is -2.55.